The van der Waals surface area contributed by atoms with E-state index in [0.29, 0.717) is 19.3 Å². The first-order valence-electron chi connectivity index (χ1n) is 6.60. The zero-order chi connectivity index (χ0) is 13.8. The van der Waals surface area contributed by atoms with Gasteiger partial charge in [-0.25, -0.2) is 0 Å². The molecule has 1 aliphatic carbocycles. The van der Waals surface area contributed by atoms with Crippen LogP contribution in [0, 0.1) is 11.8 Å². The van der Waals surface area contributed by atoms with Crippen molar-refractivity contribution < 1.29 is 14.7 Å². The molecule has 1 aliphatic rings. The summed E-state index contributed by atoms with van der Waals surface area (Å²) < 4.78 is 0. The van der Waals surface area contributed by atoms with Crippen molar-refractivity contribution in [2.24, 2.45) is 11.8 Å². The number of carboxylic acids is 1. The van der Waals surface area contributed by atoms with Crippen molar-refractivity contribution in [1.82, 2.24) is 5.32 Å². The summed E-state index contributed by atoms with van der Waals surface area (Å²) in [7, 11) is 0. The number of hydrogen-bond acceptors (Lipinski definition) is 3. The van der Waals surface area contributed by atoms with E-state index in [4.69, 9.17) is 5.11 Å². The van der Waals surface area contributed by atoms with Crippen molar-refractivity contribution in [2.45, 2.75) is 38.6 Å². The third-order valence-electron chi connectivity index (χ3n) is 3.66. The molecule has 104 valence electrons. The van der Waals surface area contributed by atoms with Gasteiger partial charge in [0.1, 0.15) is 0 Å². The molecule has 1 amide bonds. The predicted molar refractivity (Wildman–Crippen MR) is 74.1 cm³/mol. The highest BCUT2D eigenvalue weighted by atomic mass is 32.1. The summed E-state index contributed by atoms with van der Waals surface area (Å²) in [6.07, 6.45) is 2.61. The van der Waals surface area contributed by atoms with Gasteiger partial charge in [0.2, 0.25) is 5.91 Å². The van der Waals surface area contributed by atoms with Crippen LogP contribution in [-0.2, 0) is 16.0 Å². The van der Waals surface area contributed by atoms with Crippen LogP contribution in [0.2, 0.25) is 0 Å². The summed E-state index contributed by atoms with van der Waals surface area (Å²) in [4.78, 5) is 22.9. The molecule has 4 nitrogen and oxygen atoms in total. The number of hydrogen-bond donors (Lipinski definition) is 2. The number of carbonyl (C=O) groups excluding carboxylic acids is 1. The minimum absolute atomic E-state index is 0.00600. The number of amides is 1. The van der Waals surface area contributed by atoms with Crippen molar-refractivity contribution in [2.75, 3.05) is 0 Å². The molecular formula is C14H19NO3S. The van der Waals surface area contributed by atoms with Crippen molar-refractivity contribution in [1.29, 1.82) is 0 Å². The Labute approximate surface area is 116 Å². The molecule has 3 unspecified atom stereocenters. The van der Waals surface area contributed by atoms with Gasteiger partial charge in [-0.2, -0.15) is 11.3 Å². The van der Waals surface area contributed by atoms with Crippen LogP contribution in [0.1, 0.15) is 31.7 Å². The summed E-state index contributed by atoms with van der Waals surface area (Å²) in [6.45, 7) is 1.99. The first-order chi connectivity index (χ1) is 9.06. The highest BCUT2D eigenvalue weighted by Crippen LogP contribution is 2.31. The largest absolute Gasteiger partial charge is 0.481 e. The predicted octanol–water partition coefficient (Wildman–Crippen LogP) is 2.30. The van der Waals surface area contributed by atoms with Gasteiger partial charge in [-0.15, -0.1) is 0 Å². The molecule has 3 atom stereocenters. The number of aliphatic carboxylic acids is 1. The number of thiophene rings is 1. The third kappa shape index (κ3) is 3.80. The van der Waals surface area contributed by atoms with Gasteiger partial charge < -0.3 is 10.4 Å². The van der Waals surface area contributed by atoms with Crippen LogP contribution in [0.25, 0.3) is 0 Å². The van der Waals surface area contributed by atoms with Gasteiger partial charge in [-0.3, -0.25) is 9.59 Å². The van der Waals surface area contributed by atoms with E-state index >= 15 is 0 Å². The van der Waals surface area contributed by atoms with Gasteiger partial charge in [0.05, 0.1) is 5.92 Å². The van der Waals surface area contributed by atoms with E-state index in [1.807, 2.05) is 12.3 Å². The van der Waals surface area contributed by atoms with E-state index in [0.717, 1.165) is 6.42 Å². The van der Waals surface area contributed by atoms with Crippen molar-refractivity contribution in [3.63, 3.8) is 0 Å². The van der Waals surface area contributed by atoms with Crippen molar-refractivity contribution >= 4 is 23.2 Å². The summed E-state index contributed by atoms with van der Waals surface area (Å²) in [6, 6.07) is 2.15. The fraction of sp³-hybridized carbons (Fsp3) is 0.571. The van der Waals surface area contributed by atoms with E-state index in [2.05, 4.69) is 16.8 Å². The lowest BCUT2D eigenvalue weighted by molar-refractivity contribution is -0.141. The fourth-order valence-electron chi connectivity index (χ4n) is 2.62. The molecule has 2 N–H and O–H groups in total. The average molecular weight is 281 g/mol. The Balaban J connectivity index is 1.79. The molecular weight excluding hydrogens is 262 g/mol. The average Bonchev–Trinajstić information content (AvgIpc) is 2.98. The quantitative estimate of drug-likeness (QED) is 0.870. The lowest BCUT2D eigenvalue weighted by Crippen LogP contribution is -2.37. The molecule has 1 saturated carbocycles. The molecule has 5 heteroatoms. The summed E-state index contributed by atoms with van der Waals surface area (Å²) in [5.41, 5.74) is 1.23. The molecule has 0 aliphatic heterocycles. The van der Waals surface area contributed by atoms with Gasteiger partial charge in [-0.1, -0.05) is 0 Å². The second kappa shape index (κ2) is 6.19. The molecule has 0 radical (unpaired) electrons. The number of rotatable bonds is 5. The Hall–Kier alpha value is -1.36. The second-order valence-corrected chi connectivity index (χ2v) is 6.07. The lowest BCUT2D eigenvalue weighted by Gasteiger charge is -2.16. The first kappa shape index (κ1) is 14.1. The minimum atomic E-state index is -0.776. The molecule has 0 bridgehead atoms. The Morgan fingerprint density at radius 1 is 1.47 bits per heavy atom. The highest BCUT2D eigenvalue weighted by molar-refractivity contribution is 7.07. The van der Waals surface area contributed by atoms with Crippen LogP contribution >= 0.6 is 11.3 Å². The Morgan fingerprint density at radius 2 is 2.21 bits per heavy atom. The third-order valence-corrected chi connectivity index (χ3v) is 4.40. The van der Waals surface area contributed by atoms with Gasteiger partial charge in [0.15, 0.2) is 0 Å². The molecule has 0 saturated heterocycles. The van der Waals surface area contributed by atoms with Gasteiger partial charge >= 0.3 is 5.97 Å². The molecule has 0 aromatic carbocycles. The second-order valence-electron chi connectivity index (χ2n) is 5.29. The van der Waals surface area contributed by atoms with Gasteiger partial charge in [0.25, 0.3) is 0 Å². The maximum absolute atomic E-state index is 12.1. The molecule has 19 heavy (non-hydrogen) atoms. The van der Waals surface area contributed by atoms with Crippen LogP contribution in [0.5, 0.6) is 0 Å². The number of nitrogens with one attached hydrogen (secondary N) is 1. The summed E-state index contributed by atoms with van der Waals surface area (Å²) in [5.74, 6) is -1.25. The van der Waals surface area contributed by atoms with E-state index in [9.17, 15) is 9.59 Å². The molecule has 1 fully saturated rings. The number of carbonyl (C=O) groups is 2. The summed E-state index contributed by atoms with van der Waals surface area (Å²) in [5, 5.41) is 16.0. The zero-order valence-corrected chi connectivity index (χ0v) is 11.8. The topological polar surface area (TPSA) is 66.4 Å². The Kier molecular flexibility index (Phi) is 4.58. The zero-order valence-electron chi connectivity index (χ0n) is 11.0. The smallest absolute Gasteiger partial charge is 0.306 e. The first-order valence-corrected chi connectivity index (χ1v) is 7.54. The van der Waals surface area contributed by atoms with Crippen LogP contribution in [-0.4, -0.2) is 23.0 Å². The minimum Gasteiger partial charge on any atom is -0.481 e. The Morgan fingerprint density at radius 3 is 2.79 bits per heavy atom. The molecule has 1 heterocycles. The maximum Gasteiger partial charge on any atom is 0.306 e. The molecule has 1 aromatic rings. The van der Waals surface area contributed by atoms with Crippen LogP contribution in [0.4, 0.5) is 0 Å². The van der Waals surface area contributed by atoms with Crippen molar-refractivity contribution in [3.05, 3.63) is 22.4 Å². The number of carboxylic acid groups (broad SMARTS) is 1. The van der Waals surface area contributed by atoms with E-state index in [1.165, 1.54) is 5.56 Å². The van der Waals surface area contributed by atoms with E-state index < -0.39 is 5.97 Å². The van der Waals surface area contributed by atoms with Gasteiger partial charge in [0, 0.05) is 12.0 Å². The maximum atomic E-state index is 12.1. The summed E-state index contributed by atoms with van der Waals surface area (Å²) >= 11 is 1.65. The van der Waals surface area contributed by atoms with Crippen LogP contribution in [0.15, 0.2) is 16.8 Å². The highest BCUT2D eigenvalue weighted by Gasteiger charge is 2.34. The Bertz CT molecular complexity index is 444. The molecule has 2 rings (SSSR count). The van der Waals surface area contributed by atoms with Crippen LogP contribution < -0.4 is 5.32 Å². The van der Waals surface area contributed by atoms with Gasteiger partial charge in [-0.05, 0) is 55.0 Å². The van der Waals surface area contributed by atoms with E-state index in [-0.39, 0.29) is 23.8 Å². The normalized spacial score (nSPS) is 24.1. The fourth-order valence-corrected chi connectivity index (χ4v) is 3.30. The van der Waals surface area contributed by atoms with Crippen LogP contribution in [0.3, 0.4) is 0 Å². The molecule has 0 spiro atoms. The standard InChI is InChI=1S/C14H19NO3S/c1-9(6-10-4-5-19-8-10)15-13(16)11-2-3-12(7-11)14(17)18/h4-5,8-9,11-12H,2-3,6-7H2,1H3,(H,15,16)(H,17,18). The monoisotopic (exact) mass is 281 g/mol. The molecule has 1 aromatic heterocycles. The lowest BCUT2D eigenvalue weighted by atomic mass is 10.0. The SMILES string of the molecule is CC(Cc1ccsc1)NC(=O)C1CCC(C(=O)O)C1. The van der Waals surface area contributed by atoms with E-state index in [1.54, 1.807) is 11.3 Å². The van der Waals surface area contributed by atoms with Crippen molar-refractivity contribution in [3.8, 4) is 0 Å².